The number of anilines is 2. The molecule has 5 heterocycles. The molecule has 0 radical (unpaired) electrons. The average Bonchev–Trinajstić information content (AvgIpc) is 3.28. The molecule has 2 saturated heterocycles. The maximum Gasteiger partial charge on any atom is 0.182 e. The quantitative estimate of drug-likeness (QED) is 0.754. The van der Waals surface area contributed by atoms with Gasteiger partial charge in [0.05, 0.1) is 6.33 Å². The van der Waals surface area contributed by atoms with Crippen LogP contribution < -0.4 is 9.80 Å². The Bertz CT molecular complexity index is 876. The van der Waals surface area contributed by atoms with Crippen molar-refractivity contribution in [1.29, 1.82) is 0 Å². The molecule has 3 aromatic rings. The fourth-order valence-corrected chi connectivity index (χ4v) is 3.96. The van der Waals surface area contributed by atoms with Crippen LogP contribution in [0.15, 0.2) is 25.0 Å². The van der Waals surface area contributed by atoms with Gasteiger partial charge in [0.1, 0.15) is 24.0 Å². The Morgan fingerprint density at radius 3 is 2.46 bits per heavy atom. The summed E-state index contributed by atoms with van der Waals surface area (Å²) in [6, 6.07) is 2.07. The third-order valence-electron chi connectivity index (χ3n) is 5.10. The normalized spacial score (nSPS) is 23.2. The summed E-state index contributed by atoms with van der Waals surface area (Å²) in [5, 5.41) is 0. The lowest BCUT2D eigenvalue weighted by Crippen LogP contribution is -2.29. The molecule has 0 saturated carbocycles. The number of imidazole rings is 1. The SMILES string of the molecule is Cc1cc(N2CC3CN(c4ncnc5nc[nH]c45)CC3C2)ncn1. The van der Waals surface area contributed by atoms with Crippen LogP contribution in [0.2, 0.25) is 0 Å². The van der Waals surface area contributed by atoms with Gasteiger partial charge < -0.3 is 14.8 Å². The summed E-state index contributed by atoms with van der Waals surface area (Å²) in [7, 11) is 0. The van der Waals surface area contributed by atoms with Gasteiger partial charge >= 0.3 is 0 Å². The number of hydrogen-bond acceptors (Lipinski definition) is 7. The van der Waals surface area contributed by atoms with Crippen molar-refractivity contribution >= 4 is 22.8 Å². The molecule has 0 aromatic carbocycles. The Hall–Kier alpha value is -2.77. The van der Waals surface area contributed by atoms with Gasteiger partial charge in [0.2, 0.25) is 0 Å². The molecule has 2 aliphatic heterocycles. The molecule has 2 aliphatic rings. The maximum atomic E-state index is 4.49. The zero-order valence-electron chi connectivity index (χ0n) is 13.4. The van der Waals surface area contributed by atoms with E-state index in [1.165, 1.54) is 0 Å². The standard InChI is InChI=1S/C16H18N8/c1-10-2-13(18-7-17-10)23-3-11-5-24(6-12(11)4-23)16-14-15(20-8-19-14)21-9-22-16/h2,7-9,11-12H,3-6H2,1H3,(H,19,20,21,22). The van der Waals surface area contributed by atoms with E-state index in [4.69, 9.17) is 0 Å². The smallest absolute Gasteiger partial charge is 0.182 e. The predicted molar refractivity (Wildman–Crippen MR) is 89.9 cm³/mol. The number of fused-ring (bicyclic) bond motifs is 2. The van der Waals surface area contributed by atoms with Crippen molar-refractivity contribution in [2.24, 2.45) is 11.8 Å². The van der Waals surface area contributed by atoms with Crippen LogP contribution in [0.5, 0.6) is 0 Å². The highest BCUT2D eigenvalue weighted by molar-refractivity contribution is 5.82. The average molecular weight is 322 g/mol. The van der Waals surface area contributed by atoms with Crippen LogP contribution in [0.3, 0.4) is 0 Å². The zero-order chi connectivity index (χ0) is 16.1. The van der Waals surface area contributed by atoms with Crippen molar-refractivity contribution in [3.05, 3.63) is 30.7 Å². The number of nitrogens with zero attached hydrogens (tertiary/aromatic N) is 7. The Labute approximate surface area is 139 Å². The first kappa shape index (κ1) is 13.6. The number of aromatic nitrogens is 6. The zero-order valence-corrected chi connectivity index (χ0v) is 13.4. The number of hydrogen-bond donors (Lipinski definition) is 1. The van der Waals surface area contributed by atoms with E-state index in [1.807, 2.05) is 6.92 Å². The highest BCUT2D eigenvalue weighted by Crippen LogP contribution is 2.36. The summed E-state index contributed by atoms with van der Waals surface area (Å²) < 4.78 is 0. The van der Waals surface area contributed by atoms with Gasteiger partial charge in [-0.15, -0.1) is 0 Å². The summed E-state index contributed by atoms with van der Waals surface area (Å²) in [5.41, 5.74) is 2.68. The summed E-state index contributed by atoms with van der Waals surface area (Å²) in [6.07, 6.45) is 4.93. The number of rotatable bonds is 2. The second kappa shape index (κ2) is 5.12. The van der Waals surface area contributed by atoms with E-state index in [0.29, 0.717) is 11.8 Å². The first-order valence-electron chi connectivity index (χ1n) is 8.20. The van der Waals surface area contributed by atoms with Crippen LogP contribution in [0.4, 0.5) is 11.6 Å². The molecule has 8 heteroatoms. The lowest BCUT2D eigenvalue weighted by molar-refractivity contribution is 0.533. The van der Waals surface area contributed by atoms with Crippen molar-refractivity contribution < 1.29 is 0 Å². The third-order valence-corrected chi connectivity index (χ3v) is 5.10. The van der Waals surface area contributed by atoms with Gasteiger partial charge in [0, 0.05) is 49.8 Å². The first-order valence-corrected chi connectivity index (χ1v) is 8.20. The molecule has 3 aromatic heterocycles. The van der Waals surface area contributed by atoms with E-state index in [9.17, 15) is 0 Å². The first-order chi connectivity index (χ1) is 11.8. The Morgan fingerprint density at radius 1 is 0.917 bits per heavy atom. The topological polar surface area (TPSA) is 86.7 Å². The molecule has 0 aliphatic carbocycles. The molecule has 1 N–H and O–H groups in total. The van der Waals surface area contributed by atoms with Gasteiger partial charge in [-0.05, 0) is 6.92 Å². The van der Waals surface area contributed by atoms with E-state index >= 15 is 0 Å². The number of aromatic amines is 1. The largest absolute Gasteiger partial charge is 0.356 e. The van der Waals surface area contributed by atoms with Crippen molar-refractivity contribution in [3.63, 3.8) is 0 Å². The minimum atomic E-state index is 0.633. The molecule has 8 nitrogen and oxygen atoms in total. The van der Waals surface area contributed by atoms with Gasteiger partial charge in [-0.3, -0.25) is 0 Å². The highest BCUT2D eigenvalue weighted by Gasteiger charge is 2.41. The van der Waals surface area contributed by atoms with Gasteiger partial charge in [0.15, 0.2) is 11.5 Å². The fourth-order valence-electron chi connectivity index (χ4n) is 3.96. The minimum Gasteiger partial charge on any atom is -0.356 e. The summed E-state index contributed by atoms with van der Waals surface area (Å²) in [6.45, 7) is 6.10. The van der Waals surface area contributed by atoms with Crippen LogP contribution >= 0.6 is 0 Å². The van der Waals surface area contributed by atoms with Crippen LogP contribution in [0.1, 0.15) is 5.69 Å². The molecule has 2 unspecified atom stereocenters. The molecule has 0 amide bonds. The second-order valence-electron chi connectivity index (χ2n) is 6.65. The van der Waals surface area contributed by atoms with Gasteiger partial charge in [-0.1, -0.05) is 0 Å². The molecular formula is C16H18N8. The van der Waals surface area contributed by atoms with Crippen molar-refractivity contribution in [1.82, 2.24) is 29.9 Å². The second-order valence-corrected chi connectivity index (χ2v) is 6.65. The number of H-pyrrole nitrogens is 1. The minimum absolute atomic E-state index is 0.633. The van der Waals surface area contributed by atoms with Crippen LogP contribution in [-0.2, 0) is 0 Å². The highest BCUT2D eigenvalue weighted by atomic mass is 15.3. The molecule has 5 rings (SSSR count). The Morgan fingerprint density at radius 2 is 1.67 bits per heavy atom. The van der Waals surface area contributed by atoms with Gasteiger partial charge in [-0.2, -0.15) is 0 Å². The van der Waals surface area contributed by atoms with E-state index in [1.54, 1.807) is 19.0 Å². The van der Waals surface area contributed by atoms with Crippen LogP contribution in [0, 0.1) is 18.8 Å². The molecule has 24 heavy (non-hydrogen) atoms. The number of aryl methyl sites for hydroxylation is 1. The van der Waals surface area contributed by atoms with Crippen molar-refractivity contribution in [2.45, 2.75) is 6.92 Å². The molecule has 0 spiro atoms. The van der Waals surface area contributed by atoms with Crippen molar-refractivity contribution in [3.8, 4) is 0 Å². The summed E-state index contributed by atoms with van der Waals surface area (Å²) in [5.74, 6) is 3.28. The lowest BCUT2D eigenvalue weighted by atomic mass is 10.0. The molecule has 122 valence electrons. The van der Waals surface area contributed by atoms with Crippen molar-refractivity contribution in [2.75, 3.05) is 36.0 Å². The van der Waals surface area contributed by atoms with E-state index < -0.39 is 0 Å². The fraction of sp³-hybridized carbons (Fsp3) is 0.438. The Kier molecular flexibility index (Phi) is 2.91. The third kappa shape index (κ3) is 2.10. The molecule has 2 fully saturated rings. The molecular weight excluding hydrogens is 304 g/mol. The van der Waals surface area contributed by atoms with Gasteiger partial charge in [0.25, 0.3) is 0 Å². The Balaban J connectivity index is 1.36. The van der Waals surface area contributed by atoms with E-state index in [0.717, 1.165) is 54.7 Å². The van der Waals surface area contributed by atoms with E-state index in [-0.39, 0.29) is 0 Å². The van der Waals surface area contributed by atoms with Crippen LogP contribution in [0.25, 0.3) is 11.2 Å². The lowest BCUT2D eigenvalue weighted by Gasteiger charge is -2.23. The predicted octanol–water partition coefficient (Wildman–Crippen LogP) is 1.02. The van der Waals surface area contributed by atoms with Crippen LogP contribution in [-0.4, -0.2) is 56.1 Å². The monoisotopic (exact) mass is 322 g/mol. The summed E-state index contributed by atoms with van der Waals surface area (Å²) in [4.78, 5) is 29.4. The summed E-state index contributed by atoms with van der Waals surface area (Å²) >= 11 is 0. The maximum absolute atomic E-state index is 4.49. The van der Waals surface area contributed by atoms with E-state index in [2.05, 4.69) is 45.8 Å². The van der Waals surface area contributed by atoms with Gasteiger partial charge in [-0.25, -0.2) is 24.9 Å². The molecule has 0 bridgehead atoms. The molecule has 2 atom stereocenters. The number of nitrogens with one attached hydrogen (secondary N) is 1.